The number of carbonyl (C=O) groups is 1. The van der Waals surface area contributed by atoms with Gasteiger partial charge in [-0.1, -0.05) is 6.07 Å². The first-order valence-electron chi connectivity index (χ1n) is 10.2. The van der Waals surface area contributed by atoms with E-state index < -0.39 is 0 Å². The monoisotopic (exact) mass is 405 g/mol. The van der Waals surface area contributed by atoms with E-state index in [2.05, 4.69) is 21.0 Å². The van der Waals surface area contributed by atoms with E-state index in [9.17, 15) is 4.79 Å². The number of pyridine rings is 1. The molecule has 1 fully saturated rings. The Morgan fingerprint density at radius 1 is 1.07 bits per heavy atom. The van der Waals surface area contributed by atoms with Crippen molar-refractivity contribution in [1.82, 2.24) is 24.6 Å². The predicted octanol–water partition coefficient (Wildman–Crippen LogP) is 2.49. The van der Waals surface area contributed by atoms with Crippen LogP contribution in [0.25, 0.3) is 11.3 Å². The van der Waals surface area contributed by atoms with Crippen molar-refractivity contribution >= 4 is 5.91 Å². The molecule has 1 aliphatic rings. The molecule has 4 rings (SSSR count). The summed E-state index contributed by atoms with van der Waals surface area (Å²) in [7, 11) is 3.47. The standard InChI is InChI=1S/C23H27N5O2/c1-26-22(17-21(25-26)18-6-8-20(30-2)9-7-18)23(29)28-15-13-27(14-16-28)12-10-19-5-3-4-11-24-19/h3-9,11,17H,10,12-16H2,1-2H3. The Morgan fingerprint density at radius 3 is 2.50 bits per heavy atom. The lowest BCUT2D eigenvalue weighted by Gasteiger charge is -2.34. The zero-order chi connectivity index (χ0) is 20.9. The van der Waals surface area contributed by atoms with Crippen LogP contribution in [0.4, 0.5) is 0 Å². The highest BCUT2D eigenvalue weighted by atomic mass is 16.5. The van der Waals surface area contributed by atoms with Crippen LogP contribution in [0.1, 0.15) is 16.2 Å². The molecule has 0 unspecified atom stereocenters. The SMILES string of the molecule is COc1ccc(-c2cc(C(=O)N3CCN(CCc4ccccn4)CC3)n(C)n2)cc1. The van der Waals surface area contributed by atoms with Crippen LogP contribution in [0.5, 0.6) is 5.75 Å². The zero-order valence-electron chi connectivity index (χ0n) is 17.5. The second-order valence-corrected chi connectivity index (χ2v) is 7.47. The summed E-state index contributed by atoms with van der Waals surface area (Å²) in [6.07, 6.45) is 2.77. The highest BCUT2D eigenvalue weighted by Gasteiger charge is 2.24. The Morgan fingerprint density at radius 2 is 1.83 bits per heavy atom. The fourth-order valence-electron chi connectivity index (χ4n) is 3.73. The van der Waals surface area contributed by atoms with Crippen molar-refractivity contribution in [3.63, 3.8) is 0 Å². The van der Waals surface area contributed by atoms with Gasteiger partial charge in [0.25, 0.3) is 5.91 Å². The van der Waals surface area contributed by atoms with Crippen LogP contribution in [0.15, 0.2) is 54.7 Å². The number of rotatable bonds is 6. The molecule has 1 aromatic carbocycles. The van der Waals surface area contributed by atoms with E-state index >= 15 is 0 Å². The normalized spacial score (nSPS) is 14.7. The van der Waals surface area contributed by atoms with Gasteiger partial charge in [-0.2, -0.15) is 5.10 Å². The molecule has 30 heavy (non-hydrogen) atoms. The van der Waals surface area contributed by atoms with Crippen molar-refractivity contribution in [3.8, 4) is 17.0 Å². The van der Waals surface area contributed by atoms with Gasteiger partial charge in [-0.25, -0.2) is 0 Å². The molecule has 1 aliphatic heterocycles. The fourth-order valence-corrected chi connectivity index (χ4v) is 3.73. The Kier molecular flexibility index (Phi) is 6.09. The minimum Gasteiger partial charge on any atom is -0.497 e. The Bertz CT molecular complexity index is 977. The van der Waals surface area contributed by atoms with E-state index in [0.717, 1.165) is 61.8 Å². The van der Waals surface area contributed by atoms with E-state index in [-0.39, 0.29) is 5.91 Å². The Hall–Kier alpha value is -3.19. The quantitative estimate of drug-likeness (QED) is 0.631. The number of ether oxygens (including phenoxy) is 1. The number of hydrogen-bond donors (Lipinski definition) is 0. The maximum Gasteiger partial charge on any atom is 0.272 e. The van der Waals surface area contributed by atoms with Crippen molar-refractivity contribution in [2.45, 2.75) is 6.42 Å². The van der Waals surface area contributed by atoms with Crippen molar-refractivity contribution in [2.24, 2.45) is 7.05 Å². The van der Waals surface area contributed by atoms with Gasteiger partial charge in [0, 0.05) is 63.6 Å². The van der Waals surface area contributed by atoms with E-state index in [4.69, 9.17) is 4.74 Å². The first-order valence-corrected chi connectivity index (χ1v) is 10.2. The number of hydrogen-bond acceptors (Lipinski definition) is 5. The Balaban J connectivity index is 1.35. The van der Waals surface area contributed by atoms with E-state index in [1.165, 1.54) is 0 Å². The summed E-state index contributed by atoms with van der Waals surface area (Å²) in [5.41, 5.74) is 3.47. The molecule has 0 bridgehead atoms. The first-order chi connectivity index (χ1) is 14.6. The van der Waals surface area contributed by atoms with Gasteiger partial charge in [-0.3, -0.25) is 19.4 Å². The lowest BCUT2D eigenvalue weighted by molar-refractivity contribution is 0.0627. The number of aryl methyl sites for hydroxylation is 1. The van der Waals surface area contributed by atoms with Crippen molar-refractivity contribution < 1.29 is 9.53 Å². The Labute approximate surface area is 176 Å². The molecular formula is C23H27N5O2. The van der Waals surface area contributed by atoms with Gasteiger partial charge in [-0.15, -0.1) is 0 Å². The zero-order valence-corrected chi connectivity index (χ0v) is 17.5. The summed E-state index contributed by atoms with van der Waals surface area (Å²) < 4.78 is 6.88. The summed E-state index contributed by atoms with van der Waals surface area (Å²) in [5.74, 6) is 0.834. The molecule has 3 aromatic rings. The number of benzene rings is 1. The van der Waals surface area contributed by atoms with Crippen LogP contribution in [-0.4, -0.2) is 70.3 Å². The minimum absolute atomic E-state index is 0.0362. The highest BCUT2D eigenvalue weighted by molar-refractivity contribution is 5.93. The third-order valence-electron chi connectivity index (χ3n) is 5.55. The van der Waals surface area contributed by atoms with Crippen LogP contribution in [-0.2, 0) is 13.5 Å². The molecule has 0 saturated carbocycles. The molecule has 1 saturated heterocycles. The fraction of sp³-hybridized carbons (Fsp3) is 0.348. The molecule has 1 amide bonds. The summed E-state index contributed by atoms with van der Waals surface area (Å²) in [6.45, 7) is 4.17. The van der Waals surface area contributed by atoms with Crippen LogP contribution in [0.3, 0.4) is 0 Å². The van der Waals surface area contributed by atoms with Crippen LogP contribution in [0.2, 0.25) is 0 Å². The number of piperazine rings is 1. The van der Waals surface area contributed by atoms with E-state index in [1.807, 2.05) is 60.6 Å². The van der Waals surface area contributed by atoms with Crippen LogP contribution < -0.4 is 4.74 Å². The van der Waals surface area contributed by atoms with Gasteiger partial charge in [0.2, 0.25) is 0 Å². The maximum atomic E-state index is 13.1. The lowest BCUT2D eigenvalue weighted by atomic mass is 10.1. The molecule has 0 radical (unpaired) electrons. The summed E-state index contributed by atoms with van der Waals surface area (Å²) >= 11 is 0. The average molecular weight is 406 g/mol. The molecular weight excluding hydrogens is 378 g/mol. The van der Waals surface area contributed by atoms with Gasteiger partial charge in [0.1, 0.15) is 11.4 Å². The predicted molar refractivity (Wildman–Crippen MR) is 115 cm³/mol. The molecule has 2 aromatic heterocycles. The van der Waals surface area contributed by atoms with E-state index in [0.29, 0.717) is 5.69 Å². The van der Waals surface area contributed by atoms with Crippen LogP contribution in [0, 0.1) is 0 Å². The third-order valence-corrected chi connectivity index (χ3v) is 5.55. The second-order valence-electron chi connectivity index (χ2n) is 7.47. The van der Waals surface area contributed by atoms with Gasteiger partial charge >= 0.3 is 0 Å². The molecule has 0 spiro atoms. The number of aromatic nitrogens is 3. The molecule has 156 valence electrons. The molecule has 0 aliphatic carbocycles. The van der Waals surface area contributed by atoms with Crippen molar-refractivity contribution in [2.75, 3.05) is 39.8 Å². The molecule has 3 heterocycles. The van der Waals surface area contributed by atoms with Crippen molar-refractivity contribution in [1.29, 1.82) is 0 Å². The lowest BCUT2D eigenvalue weighted by Crippen LogP contribution is -2.49. The molecule has 7 heteroatoms. The molecule has 0 atom stereocenters. The number of methoxy groups -OCH3 is 1. The molecule has 7 nitrogen and oxygen atoms in total. The second kappa shape index (κ2) is 9.09. The largest absolute Gasteiger partial charge is 0.497 e. The van der Waals surface area contributed by atoms with Gasteiger partial charge in [-0.05, 0) is 42.5 Å². The summed E-state index contributed by atoms with van der Waals surface area (Å²) in [4.78, 5) is 21.8. The topological polar surface area (TPSA) is 63.5 Å². The van der Waals surface area contributed by atoms with E-state index in [1.54, 1.807) is 11.8 Å². The summed E-state index contributed by atoms with van der Waals surface area (Å²) in [6, 6.07) is 15.6. The summed E-state index contributed by atoms with van der Waals surface area (Å²) in [5, 5.41) is 4.54. The minimum atomic E-state index is 0.0362. The van der Waals surface area contributed by atoms with Gasteiger partial charge < -0.3 is 9.64 Å². The average Bonchev–Trinajstić information content (AvgIpc) is 3.20. The molecule has 0 N–H and O–H groups in total. The first kappa shape index (κ1) is 20.1. The van der Waals surface area contributed by atoms with Crippen LogP contribution >= 0.6 is 0 Å². The smallest absolute Gasteiger partial charge is 0.272 e. The third kappa shape index (κ3) is 4.52. The number of nitrogens with zero attached hydrogens (tertiary/aromatic N) is 5. The van der Waals surface area contributed by atoms with Gasteiger partial charge in [0.05, 0.1) is 12.8 Å². The number of carbonyl (C=O) groups excluding carboxylic acids is 1. The van der Waals surface area contributed by atoms with Gasteiger partial charge in [0.15, 0.2) is 0 Å². The van der Waals surface area contributed by atoms with Crippen molar-refractivity contribution in [3.05, 3.63) is 66.1 Å². The number of amides is 1. The maximum absolute atomic E-state index is 13.1. The highest BCUT2D eigenvalue weighted by Crippen LogP contribution is 2.22.